The number of carbonyl (C=O) groups excluding carboxylic acids is 1. The molecule has 2 aliphatic heterocycles. The summed E-state index contributed by atoms with van der Waals surface area (Å²) in [5.74, 6) is -1.34. The Morgan fingerprint density at radius 1 is 0.519 bits per heavy atom. The second-order valence-corrected chi connectivity index (χ2v) is 23.0. The summed E-state index contributed by atoms with van der Waals surface area (Å²) >= 11 is 0. The highest BCUT2D eigenvalue weighted by Gasteiger charge is 2.31. The minimum absolute atomic E-state index is 0.0303. The van der Waals surface area contributed by atoms with Gasteiger partial charge >= 0.3 is 5.97 Å². The lowest BCUT2D eigenvalue weighted by atomic mass is 9.81. The number of anilines is 1. The molecule has 2 aromatic carbocycles. The zero-order chi connectivity index (χ0) is 54.6. The smallest absolute Gasteiger partial charge is 0.306 e. The minimum Gasteiger partial charge on any atom is -0.481 e. The molecule has 1 fully saturated rings. The van der Waals surface area contributed by atoms with Gasteiger partial charge in [-0.1, -0.05) is 147 Å². The highest BCUT2D eigenvalue weighted by molar-refractivity contribution is 6.04. The number of hydrogen-bond donors (Lipinski definition) is 4. The van der Waals surface area contributed by atoms with Crippen LogP contribution in [0.15, 0.2) is 60.7 Å². The number of H-pyrrole nitrogens is 2. The molecule has 5 heterocycles. The van der Waals surface area contributed by atoms with Gasteiger partial charge in [-0.15, -0.1) is 0 Å². The van der Waals surface area contributed by atoms with Crippen molar-refractivity contribution < 1.29 is 14.7 Å². The van der Waals surface area contributed by atoms with Crippen molar-refractivity contribution in [3.8, 4) is 22.3 Å². The van der Waals surface area contributed by atoms with Crippen molar-refractivity contribution in [2.45, 2.75) is 216 Å². The highest BCUT2D eigenvalue weighted by Crippen LogP contribution is 2.45. The zero-order valence-corrected chi connectivity index (χ0v) is 48.6. The van der Waals surface area contributed by atoms with E-state index in [0.29, 0.717) is 25.7 Å². The molecule has 8 heteroatoms. The Kier molecular flexibility index (Phi) is 20.1. The van der Waals surface area contributed by atoms with E-state index in [1.54, 1.807) is 0 Å². The molecule has 1 amide bonds. The Bertz CT molecular complexity index is 2960. The monoisotopic (exact) mass is 1040 g/mol. The van der Waals surface area contributed by atoms with E-state index < -0.39 is 5.97 Å². The van der Waals surface area contributed by atoms with Crippen molar-refractivity contribution in [2.24, 2.45) is 11.8 Å². The number of carboxylic acid groups (broad SMARTS) is 1. The lowest BCUT2D eigenvalue weighted by molar-refractivity contribution is -0.143. The van der Waals surface area contributed by atoms with Gasteiger partial charge in [0, 0.05) is 33.8 Å². The van der Waals surface area contributed by atoms with Crippen LogP contribution in [0, 0.1) is 32.6 Å². The topological polar surface area (TPSA) is 124 Å². The molecule has 1 aliphatic carbocycles. The average Bonchev–Trinajstić information content (AvgIpc) is 4.14. The molecule has 3 aromatic heterocycles. The van der Waals surface area contributed by atoms with Crippen LogP contribution in [0.1, 0.15) is 233 Å². The van der Waals surface area contributed by atoms with Crippen LogP contribution >= 0.6 is 0 Å². The molecule has 0 saturated heterocycles. The van der Waals surface area contributed by atoms with Crippen LogP contribution in [-0.2, 0) is 22.4 Å². The van der Waals surface area contributed by atoms with Crippen molar-refractivity contribution in [1.82, 2.24) is 19.9 Å². The Hall–Kier alpha value is -6.02. The molecule has 8 nitrogen and oxygen atoms in total. The Labute approximate surface area is 461 Å². The average molecular weight is 1040 g/mol. The van der Waals surface area contributed by atoms with Crippen molar-refractivity contribution >= 4 is 61.9 Å². The summed E-state index contributed by atoms with van der Waals surface area (Å²) < 4.78 is 0. The fraction of sp³-hybridized carbons (Fsp3) is 0.507. The summed E-state index contributed by atoms with van der Waals surface area (Å²) in [5, 5.41) is 12.8. The van der Waals surface area contributed by atoms with Crippen LogP contribution in [0.25, 0.3) is 66.6 Å². The molecule has 5 aromatic rings. The predicted octanol–water partition coefficient (Wildman–Crippen LogP) is 19.5. The predicted molar refractivity (Wildman–Crippen MR) is 326 cm³/mol. The number of allylic oxidation sites excluding steroid dienone is 4. The van der Waals surface area contributed by atoms with Crippen LogP contribution < -0.4 is 5.32 Å². The first-order valence-electron chi connectivity index (χ1n) is 30.3. The summed E-state index contributed by atoms with van der Waals surface area (Å²) in [6.07, 6.45) is 24.9. The number of aromatic amines is 2. The van der Waals surface area contributed by atoms with Crippen molar-refractivity contribution in [3.63, 3.8) is 0 Å². The van der Waals surface area contributed by atoms with Crippen LogP contribution in [-0.4, -0.2) is 36.9 Å². The number of amides is 1. The molecule has 0 radical (unpaired) electrons. The molecule has 8 rings (SSSR count). The van der Waals surface area contributed by atoms with E-state index in [-0.39, 0.29) is 17.7 Å². The Balaban J connectivity index is 1.45. The molecule has 0 spiro atoms. The Morgan fingerprint density at radius 3 is 1.35 bits per heavy atom. The summed E-state index contributed by atoms with van der Waals surface area (Å²) in [5.41, 5.74) is 25.5. The van der Waals surface area contributed by atoms with E-state index in [4.69, 9.17) is 9.97 Å². The normalized spacial score (nSPS) is 15.7. The first-order valence-corrected chi connectivity index (χ1v) is 30.3. The van der Waals surface area contributed by atoms with Gasteiger partial charge in [0.05, 0.1) is 39.7 Å². The van der Waals surface area contributed by atoms with Crippen molar-refractivity contribution in [1.29, 1.82) is 0 Å². The lowest BCUT2D eigenvalue weighted by Gasteiger charge is -2.25. The molecule has 77 heavy (non-hydrogen) atoms. The van der Waals surface area contributed by atoms with Gasteiger partial charge < -0.3 is 20.4 Å². The second kappa shape index (κ2) is 27.0. The molecule has 0 unspecified atom stereocenters. The van der Waals surface area contributed by atoms with Gasteiger partial charge in [0.25, 0.3) is 0 Å². The molecule has 1 saturated carbocycles. The van der Waals surface area contributed by atoms with E-state index in [1.165, 1.54) is 127 Å². The van der Waals surface area contributed by atoms with E-state index >= 15 is 0 Å². The number of aromatic nitrogens is 4. The number of hydrogen-bond acceptors (Lipinski definition) is 4. The number of benzene rings is 2. The fourth-order valence-corrected chi connectivity index (χ4v) is 12.5. The number of nitrogens with zero attached hydrogens (tertiary/aromatic N) is 2. The lowest BCUT2D eigenvalue weighted by Crippen LogP contribution is -2.29. The first-order chi connectivity index (χ1) is 37.4. The maximum atomic E-state index is 13.7. The number of aryl methyl sites for hydroxylation is 5. The molecule has 4 N–H and O–H groups in total. The van der Waals surface area contributed by atoms with Gasteiger partial charge in [0.1, 0.15) is 0 Å². The third-order valence-corrected chi connectivity index (χ3v) is 17.4. The van der Waals surface area contributed by atoms with Crippen molar-refractivity contribution in [3.05, 3.63) is 111 Å². The third kappa shape index (κ3) is 13.3. The van der Waals surface area contributed by atoms with Crippen molar-refractivity contribution in [2.75, 3.05) is 5.32 Å². The van der Waals surface area contributed by atoms with Gasteiger partial charge in [-0.05, 0) is 192 Å². The van der Waals surface area contributed by atoms with E-state index in [2.05, 4.69) is 126 Å². The van der Waals surface area contributed by atoms with Crippen LogP contribution in [0.3, 0.4) is 0 Å². The van der Waals surface area contributed by atoms with Gasteiger partial charge in [-0.2, -0.15) is 0 Å². The van der Waals surface area contributed by atoms with Crippen LogP contribution in [0.2, 0.25) is 0 Å². The number of nitrogens with one attached hydrogen (secondary N) is 3. The van der Waals surface area contributed by atoms with E-state index in [0.717, 1.165) is 124 Å². The van der Waals surface area contributed by atoms with E-state index in [1.807, 2.05) is 12.1 Å². The Morgan fingerprint density at radius 2 is 0.922 bits per heavy atom. The minimum atomic E-state index is -0.757. The number of carbonyl (C=O) groups is 2. The molecular formula is C69H91N5O3. The van der Waals surface area contributed by atoms with Gasteiger partial charge in [-0.25, -0.2) is 9.97 Å². The fourth-order valence-electron chi connectivity index (χ4n) is 12.5. The third-order valence-electron chi connectivity index (χ3n) is 17.4. The standard InChI is InChI=1S/C69H91N5O3/c1-10-14-18-22-26-54-45(6)64-62(49-32-30-44(5)31-33-49)65-46(7)55(27-23-19-15-11-2)59(72-65)43-61-57(29-25-21-17-13-4)48(9)67(74-61)63(66-47(8)56(28-24-20-16-12-3)60(73-66)42-58(54)71-64)50-38-40-53(41-39-50)70-68(75)51-34-36-52(37-35-51)69(76)77/h30-33,38-43,51-52,73-74H,10-29,34-37H2,1-9H3,(H,70,75)(H,76,77). The molecular weight excluding hydrogens is 947 g/mol. The van der Waals surface area contributed by atoms with E-state index in [9.17, 15) is 14.7 Å². The number of rotatable bonds is 25. The van der Waals surface area contributed by atoms with Gasteiger partial charge in [0.2, 0.25) is 5.91 Å². The summed E-state index contributed by atoms with van der Waals surface area (Å²) in [6, 6.07) is 22.3. The molecule has 3 aliphatic rings. The summed E-state index contributed by atoms with van der Waals surface area (Å²) in [7, 11) is 0. The zero-order valence-electron chi connectivity index (χ0n) is 48.6. The quantitative estimate of drug-likeness (QED) is 0.0434. The molecule has 0 atom stereocenters. The largest absolute Gasteiger partial charge is 0.481 e. The highest BCUT2D eigenvalue weighted by atomic mass is 16.4. The molecule has 8 bridgehead atoms. The van der Waals surface area contributed by atoms with Gasteiger partial charge in [0.15, 0.2) is 0 Å². The number of unbranched alkanes of at least 4 members (excludes halogenated alkanes) is 12. The first kappa shape index (κ1) is 57.2. The SMILES string of the molecule is CCCCCCC1=C(C)c2nc1cc1[nH]c(c(C)c1CCCCCC)c(-c1ccc(NC(=O)C3CCC(C(=O)O)CC3)cc1)c1[nH]c(cc3nc(c2-c2ccc(C)cc2)C(C)=C3CCCCCC)c(CCCCCC)c1C. The summed E-state index contributed by atoms with van der Waals surface area (Å²) in [4.78, 5) is 45.4. The molecule has 410 valence electrons. The number of carboxylic acids is 1. The number of fused-ring (bicyclic) bond motifs is 8. The van der Waals surface area contributed by atoms with Crippen LogP contribution in [0.5, 0.6) is 0 Å². The van der Waals surface area contributed by atoms with Gasteiger partial charge in [-0.3, -0.25) is 9.59 Å². The number of aliphatic carboxylic acids is 1. The maximum absolute atomic E-state index is 13.7. The second-order valence-electron chi connectivity index (χ2n) is 23.0. The van der Waals surface area contributed by atoms with Crippen LogP contribution in [0.4, 0.5) is 5.69 Å². The maximum Gasteiger partial charge on any atom is 0.306 e. The summed E-state index contributed by atoms with van der Waals surface area (Å²) in [6.45, 7) is 20.6.